The SMILES string of the molecule is CN(C)CC1=[C-]CC=C1.CN(C)CC1=[C-]CC=C1.[Cl][Ti][Cl]. The first-order valence-corrected chi connectivity index (χ1v) is 11.1. The molecule has 2 rings (SSSR count). The van der Waals surface area contributed by atoms with Crippen LogP contribution >= 0.6 is 18.6 Å². The zero-order valence-electron chi connectivity index (χ0n) is 13.3. The van der Waals surface area contributed by atoms with E-state index in [-0.39, 0.29) is 0 Å². The van der Waals surface area contributed by atoms with Crippen molar-refractivity contribution in [2.75, 3.05) is 41.3 Å². The van der Waals surface area contributed by atoms with Crippen molar-refractivity contribution in [1.29, 1.82) is 0 Å². The van der Waals surface area contributed by atoms with Crippen molar-refractivity contribution in [3.8, 4) is 0 Å². The molecule has 0 saturated heterocycles. The van der Waals surface area contributed by atoms with Gasteiger partial charge in [-0.3, -0.25) is 12.2 Å². The average molecular weight is 363 g/mol. The topological polar surface area (TPSA) is 6.48 Å². The molecule has 0 radical (unpaired) electrons. The average Bonchev–Trinajstić information content (AvgIpc) is 3.03. The van der Waals surface area contributed by atoms with E-state index in [0.29, 0.717) is 0 Å². The molecule has 0 N–H and O–H groups in total. The van der Waals surface area contributed by atoms with Gasteiger partial charge in [0.1, 0.15) is 0 Å². The van der Waals surface area contributed by atoms with Gasteiger partial charge >= 0.3 is 35.6 Å². The van der Waals surface area contributed by atoms with Crippen LogP contribution in [-0.4, -0.2) is 51.1 Å². The molecule has 0 unspecified atom stereocenters. The Balaban J connectivity index is 0.000000322. The molecule has 5 heteroatoms. The summed E-state index contributed by atoms with van der Waals surface area (Å²) in [6, 6.07) is 0. The molecule has 2 nitrogen and oxygen atoms in total. The normalized spacial score (nSPS) is 15.2. The van der Waals surface area contributed by atoms with Crippen molar-refractivity contribution in [3.05, 3.63) is 47.6 Å². The van der Waals surface area contributed by atoms with E-state index in [1.165, 1.54) is 11.1 Å². The molecule has 2 aliphatic carbocycles. The summed E-state index contributed by atoms with van der Waals surface area (Å²) < 4.78 is 0. The molecular formula is C16H24Cl2N2Ti-2. The van der Waals surface area contributed by atoms with Crippen molar-refractivity contribution in [3.63, 3.8) is 0 Å². The third-order valence-electron chi connectivity index (χ3n) is 2.51. The zero-order valence-corrected chi connectivity index (χ0v) is 16.4. The Morgan fingerprint density at radius 1 is 0.905 bits per heavy atom. The second kappa shape index (κ2) is 13.8. The van der Waals surface area contributed by atoms with Gasteiger partial charge in [0.25, 0.3) is 0 Å². The van der Waals surface area contributed by atoms with Gasteiger partial charge in [0, 0.05) is 0 Å². The predicted octanol–water partition coefficient (Wildman–Crippen LogP) is 3.85. The Kier molecular flexibility index (Phi) is 13.9. The molecule has 0 saturated carbocycles. The van der Waals surface area contributed by atoms with Gasteiger partial charge in [0.15, 0.2) is 0 Å². The fourth-order valence-electron chi connectivity index (χ4n) is 1.80. The van der Waals surface area contributed by atoms with Crippen molar-refractivity contribution in [2.45, 2.75) is 12.8 Å². The van der Waals surface area contributed by atoms with E-state index in [0.717, 1.165) is 25.9 Å². The first-order chi connectivity index (χ1) is 9.99. The van der Waals surface area contributed by atoms with Crippen molar-refractivity contribution in [1.82, 2.24) is 9.80 Å². The van der Waals surface area contributed by atoms with Crippen molar-refractivity contribution < 1.29 is 17.0 Å². The third kappa shape index (κ3) is 13.6. The summed E-state index contributed by atoms with van der Waals surface area (Å²) >= 11 is -0.556. The number of likely N-dealkylation sites (N-methyl/N-ethyl adjacent to an activating group) is 2. The van der Waals surface area contributed by atoms with E-state index < -0.39 is 17.0 Å². The molecule has 2 aliphatic rings. The Hall–Kier alpha value is 0.174. The maximum absolute atomic E-state index is 4.89. The first-order valence-electron chi connectivity index (χ1n) is 6.77. The van der Waals surface area contributed by atoms with E-state index >= 15 is 0 Å². The molecule has 21 heavy (non-hydrogen) atoms. The van der Waals surface area contributed by atoms with Crippen LogP contribution in [0.1, 0.15) is 12.8 Å². The van der Waals surface area contributed by atoms with Crippen LogP contribution in [0.4, 0.5) is 0 Å². The van der Waals surface area contributed by atoms with Gasteiger partial charge < -0.3 is 9.80 Å². The molecule has 0 aromatic carbocycles. The maximum atomic E-state index is 4.89. The van der Waals surface area contributed by atoms with Gasteiger partial charge in [0.2, 0.25) is 0 Å². The molecule has 0 aromatic rings. The summed E-state index contributed by atoms with van der Waals surface area (Å²) in [5, 5.41) is 0. The number of hydrogen-bond donors (Lipinski definition) is 0. The zero-order chi connectivity index (χ0) is 16.1. The van der Waals surface area contributed by atoms with Gasteiger partial charge in [-0.05, 0) is 41.3 Å². The monoisotopic (exact) mass is 362 g/mol. The van der Waals surface area contributed by atoms with Crippen molar-refractivity contribution in [2.24, 2.45) is 0 Å². The van der Waals surface area contributed by atoms with Crippen LogP contribution < -0.4 is 0 Å². The standard InChI is InChI=1S/2C8H12N.2ClH.Ti/c2*1-9(2)7-8-5-3-4-6-8;;;/h2*3,5H,4,7H2,1-2H3;2*1H;/q2*-1;;;+2/p-2. The van der Waals surface area contributed by atoms with Crippen LogP contribution in [0.25, 0.3) is 0 Å². The van der Waals surface area contributed by atoms with E-state index in [2.05, 4.69) is 74.4 Å². The van der Waals surface area contributed by atoms with Crippen LogP contribution in [0, 0.1) is 12.2 Å². The minimum atomic E-state index is -0.556. The molecule has 0 fully saturated rings. The van der Waals surface area contributed by atoms with Gasteiger partial charge in [-0.1, -0.05) is 0 Å². The summed E-state index contributed by atoms with van der Waals surface area (Å²) in [5.41, 5.74) is 2.64. The van der Waals surface area contributed by atoms with Gasteiger partial charge in [-0.2, -0.15) is 12.2 Å². The van der Waals surface area contributed by atoms with E-state index in [1.54, 1.807) is 0 Å². The second-order valence-electron chi connectivity index (χ2n) is 5.16. The van der Waals surface area contributed by atoms with Gasteiger partial charge in [-0.15, -0.1) is 12.8 Å². The molecule has 118 valence electrons. The van der Waals surface area contributed by atoms with Gasteiger partial charge in [0.05, 0.1) is 0 Å². The van der Waals surface area contributed by atoms with Crippen molar-refractivity contribution >= 4 is 18.6 Å². The second-order valence-corrected chi connectivity index (χ2v) is 7.74. The molecule has 0 amide bonds. The fourth-order valence-corrected chi connectivity index (χ4v) is 1.80. The third-order valence-corrected chi connectivity index (χ3v) is 2.51. The summed E-state index contributed by atoms with van der Waals surface area (Å²) in [5.74, 6) is 0. The minimum absolute atomic E-state index is 0.556. The summed E-state index contributed by atoms with van der Waals surface area (Å²) in [4.78, 5) is 4.30. The number of allylic oxidation sites excluding steroid dienone is 4. The molecule has 0 heterocycles. The quantitative estimate of drug-likeness (QED) is 0.553. The molecule has 0 spiro atoms. The Bertz CT molecular complexity index is 350. The van der Waals surface area contributed by atoms with Crippen LogP contribution in [-0.2, 0) is 17.0 Å². The summed E-state index contributed by atoms with van der Waals surface area (Å²) in [6.45, 7) is 2.05. The molecular weight excluding hydrogens is 339 g/mol. The van der Waals surface area contributed by atoms with Crippen LogP contribution in [0.2, 0.25) is 0 Å². The summed E-state index contributed by atoms with van der Waals surface area (Å²) in [7, 11) is 18.1. The number of nitrogens with zero attached hydrogens (tertiary/aromatic N) is 2. The predicted molar refractivity (Wildman–Crippen MR) is 89.8 cm³/mol. The number of halogens is 2. The molecule has 0 aliphatic heterocycles. The Morgan fingerprint density at radius 2 is 1.24 bits per heavy atom. The van der Waals surface area contributed by atoms with Crippen LogP contribution in [0.3, 0.4) is 0 Å². The number of hydrogen-bond acceptors (Lipinski definition) is 2. The Morgan fingerprint density at radius 3 is 1.43 bits per heavy atom. The molecule has 0 bridgehead atoms. The summed E-state index contributed by atoms with van der Waals surface area (Å²) in [6.07, 6.45) is 17.1. The van der Waals surface area contributed by atoms with Crippen LogP contribution in [0.15, 0.2) is 35.5 Å². The first kappa shape index (κ1) is 21.2. The van der Waals surface area contributed by atoms with Gasteiger partial charge in [-0.25, -0.2) is 23.3 Å². The Labute approximate surface area is 146 Å². The fraction of sp³-hybridized carbons (Fsp3) is 0.500. The number of rotatable bonds is 4. The van der Waals surface area contributed by atoms with E-state index in [1.807, 2.05) is 0 Å². The van der Waals surface area contributed by atoms with E-state index in [9.17, 15) is 0 Å². The molecule has 0 atom stereocenters. The van der Waals surface area contributed by atoms with Crippen LogP contribution in [0.5, 0.6) is 0 Å². The molecule has 0 aromatic heterocycles. The van der Waals surface area contributed by atoms with E-state index in [4.69, 9.17) is 18.6 Å².